The van der Waals surface area contributed by atoms with Gasteiger partial charge in [0.15, 0.2) is 0 Å². The van der Waals surface area contributed by atoms with Crippen LogP contribution in [0.25, 0.3) is 0 Å². The average molecular weight is 454 g/mol. The monoisotopic (exact) mass is 453 g/mol. The molecule has 1 atom stereocenters. The third-order valence-corrected chi connectivity index (χ3v) is 4.89. The second-order valence-electron chi connectivity index (χ2n) is 8.99. The van der Waals surface area contributed by atoms with Crippen LogP contribution in [0.2, 0.25) is 0 Å². The average Bonchev–Trinajstić information content (AvgIpc) is 3.22. The summed E-state index contributed by atoms with van der Waals surface area (Å²) < 4.78 is 16.7. The Balaban J connectivity index is 1.78. The van der Waals surface area contributed by atoms with E-state index in [2.05, 4.69) is 15.5 Å². The first-order chi connectivity index (χ1) is 15.7. The van der Waals surface area contributed by atoms with E-state index >= 15 is 0 Å². The molecule has 0 saturated carbocycles. The molecule has 1 amide bonds. The highest BCUT2D eigenvalue weighted by Gasteiger charge is 2.39. The number of benzene rings is 1. The van der Waals surface area contributed by atoms with Crippen molar-refractivity contribution < 1.29 is 23.5 Å². The SMILES string of the molecule is CCCC(=O)OCC1=CCC(NC(=O)OC(C)(C)C)(c2nnc(Cc3ccccc3)o2)C=C1. The zero-order valence-corrected chi connectivity index (χ0v) is 19.6. The highest BCUT2D eigenvalue weighted by Crippen LogP contribution is 2.32. The number of ether oxygens (including phenoxy) is 2. The largest absolute Gasteiger partial charge is 0.461 e. The van der Waals surface area contributed by atoms with Crippen molar-refractivity contribution in [1.82, 2.24) is 15.5 Å². The molecule has 3 rings (SSSR count). The van der Waals surface area contributed by atoms with Gasteiger partial charge in [0, 0.05) is 12.8 Å². The summed E-state index contributed by atoms with van der Waals surface area (Å²) in [5, 5.41) is 11.3. The number of rotatable bonds is 8. The number of alkyl carbamates (subject to hydrolysis) is 1. The lowest BCUT2D eigenvalue weighted by Gasteiger charge is -2.31. The molecule has 176 valence electrons. The van der Waals surface area contributed by atoms with Crippen LogP contribution in [-0.4, -0.2) is 34.5 Å². The van der Waals surface area contributed by atoms with Gasteiger partial charge in [0.1, 0.15) is 17.7 Å². The molecule has 1 N–H and O–H groups in total. The van der Waals surface area contributed by atoms with Crippen LogP contribution in [0.3, 0.4) is 0 Å². The number of amides is 1. The molecule has 33 heavy (non-hydrogen) atoms. The summed E-state index contributed by atoms with van der Waals surface area (Å²) in [7, 11) is 0. The molecule has 1 aromatic heterocycles. The van der Waals surface area contributed by atoms with Gasteiger partial charge in [-0.1, -0.05) is 49.4 Å². The summed E-state index contributed by atoms with van der Waals surface area (Å²) in [5.41, 5.74) is 0.134. The van der Waals surface area contributed by atoms with Gasteiger partial charge in [-0.3, -0.25) is 4.79 Å². The summed E-state index contributed by atoms with van der Waals surface area (Å²) in [6.45, 7) is 7.48. The van der Waals surface area contributed by atoms with Crippen LogP contribution in [-0.2, 0) is 26.2 Å². The lowest BCUT2D eigenvalue weighted by molar-refractivity contribution is -0.142. The van der Waals surface area contributed by atoms with E-state index < -0.39 is 17.2 Å². The number of carbonyl (C=O) groups excluding carboxylic acids is 2. The first kappa shape index (κ1) is 24.2. The predicted molar refractivity (Wildman–Crippen MR) is 122 cm³/mol. The molecule has 1 heterocycles. The van der Waals surface area contributed by atoms with Crippen LogP contribution < -0.4 is 5.32 Å². The topological polar surface area (TPSA) is 104 Å². The highest BCUT2D eigenvalue weighted by molar-refractivity contribution is 5.70. The maximum atomic E-state index is 12.6. The summed E-state index contributed by atoms with van der Waals surface area (Å²) in [4.78, 5) is 24.3. The molecule has 8 nitrogen and oxygen atoms in total. The van der Waals surface area contributed by atoms with Gasteiger partial charge >= 0.3 is 12.1 Å². The molecule has 2 aromatic rings. The lowest BCUT2D eigenvalue weighted by Crippen LogP contribution is -2.47. The van der Waals surface area contributed by atoms with Gasteiger partial charge in [0.25, 0.3) is 0 Å². The first-order valence-corrected chi connectivity index (χ1v) is 11.1. The number of hydrogen-bond acceptors (Lipinski definition) is 7. The Bertz CT molecular complexity index is 1020. The molecule has 0 bridgehead atoms. The third-order valence-electron chi connectivity index (χ3n) is 4.89. The van der Waals surface area contributed by atoms with Crippen LogP contribution in [0.1, 0.15) is 64.3 Å². The molecule has 1 aliphatic rings. The minimum Gasteiger partial charge on any atom is -0.461 e. The van der Waals surface area contributed by atoms with Gasteiger partial charge in [-0.15, -0.1) is 10.2 Å². The van der Waals surface area contributed by atoms with Gasteiger partial charge in [-0.05, 0) is 44.4 Å². The van der Waals surface area contributed by atoms with Gasteiger partial charge in [0.2, 0.25) is 11.8 Å². The number of aromatic nitrogens is 2. The summed E-state index contributed by atoms with van der Waals surface area (Å²) in [6, 6.07) is 9.80. The molecular formula is C25H31N3O5. The van der Waals surface area contributed by atoms with Crippen LogP contribution in [0.4, 0.5) is 4.79 Å². The number of nitrogens with zero attached hydrogens (tertiary/aromatic N) is 2. The minimum atomic E-state index is -1.07. The van der Waals surface area contributed by atoms with Crippen molar-refractivity contribution in [3.63, 3.8) is 0 Å². The smallest absolute Gasteiger partial charge is 0.408 e. The van der Waals surface area contributed by atoms with Crippen molar-refractivity contribution in [3.8, 4) is 0 Å². The van der Waals surface area contributed by atoms with E-state index in [-0.39, 0.29) is 18.5 Å². The quantitative estimate of drug-likeness (QED) is 0.582. The molecule has 0 radical (unpaired) electrons. The Morgan fingerprint density at radius 3 is 2.58 bits per heavy atom. The summed E-state index contributed by atoms with van der Waals surface area (Å²) in [5.74, 6) is 0.463. The Morgan fingerprint density at radius 2 is 1.94 bits per heavy atom. The van der Waals surface area contributed by atoms with Crippen molar-refractivity contribution in [3.05, 3.63) is 71.5 Å². The highest BCUT2D eigenvalue weighted by atomic mass is 16.6. The first-order valence-electron chi connectivity index (χ1n) is 11.1. The van der Waals surface area contributed by atoms with Gasteiger partial charge in [-0.25, -0.2) is 4.79 Å². The molecule has 0 spiro atoms. The molecule has 1 aliphatic carbocycles. The second-order valence-corrected chi connectivity index (χ2v) is 8.99. The predicted octanol–water partition coefficient (Wildman–Crippen LogP) is 4.61. The number of carbonyl (C=O) groups is 2. The van der Waals surface area contributed by atoms with Crippen molar-refractivity contribution >= 4 is 12.1 Å². The van der Waals surface area contributed by atoms with Gasteiger partial charge < -0.3 is 19.2 Å². The molecular weight excluding hydrogens is 422 g/mol. The lowest BCUT2D eigenvalue weighted by atomic mass is 9.88. The van der Waals surface area contributed by atoms with Crippen molar-refractivity contribution in [2.24, 2.45) is 0 Å². The normalized spacial score (nSPS) is 17.9. The van der Waals surface area contributed by atoms with Crippen LogP contribution >= 0.6 is 0 Å². The summed E-state index contributed by atoms with van der Waals surface area (Å²) in [6.07, 6.45) is 6.80. The van der Waals surface area contributed by atoms with E-state index in [1.807, 2.05) is 43.3 Å². The molecule has 0 saturated heterocycles. The Kier molecular flexibility index (Phi) is 7.68. The van der Waals surface area contributed by atoms with E-state index in [1.54, 1.807) is 32.9 Å². The fourth-order valence-electron chi connectivity index (χ4n) is 3.29. The zero-order chi connectivity index (χ0) is 23.9. The van der Waals surface area contributed by atoms with Crippen molar-refractivity contribution in [2.45, 2.75) is 64.5 Å². The Labute approximate surface area is 194 Å². The fraction of sp³-hybridized carbons (Fsp3) is 0.440. The number of hydrogen-bond donors (Lipinski definition) is 1. The van der Waals surface area contributed by atoms with Crippen molar-refractivity contribution in [2.75, 3.05) is 6.61 Å². The van der Waals surface area contributed by atoms with Crippen LogP contribution in [0.15, 0.2) is 58.6 Å². The minimum absolute atomic E-state index is 0.168. The standard InChI is InChI=1S/C25H31N3O5/c1-5-9-21(29)31-17-19-12-14-25(15-13-19,26-23(30)33-24(2,3)4)22-28-27-20(32-22)16-18-10-7-6-8-11-18/h6-8,10-14H,5,9,15-17H2,1-4H3,(H,26,30). The molecule has 1 aromatic carbocycles. The van der Waals surface area contributed by atoms with E-state index in [0.29, 0.717) is 25.2 Å². The summed E-state index contributed by atoms with van der Waals surface area (Å²) >= 11 is 0. The van der Waals surface area contributed by atoms with E-state index in [0.717, 1.165) is 17.6 Å². The maximum Gasteiger partial charge on any atom is 0.408 e. The van der Waals surface area contributed by atoms with E-state index in [9.17, 15) is 9.59 Å². The molecule has 1 unspecified atom stereocenters. The second kappa shape index (κ2) is 10.5. The third kappa shape index (κ3) is 7.03. The number of nitrogens with one attached hydrogen (secondary N) is 1. The fourth-order valence-corrected chi connectivity index (χ4v) is 3.29. The maximum absolute atomic E-state index is 12.6. The molecule has 0 aliphatic heterocycles. The van der Waals surface area contributed by atoms with Crippen LogP contribution in [0, 0.1) is 0 Å². The molecule has 0 fully saturated rings. The Hall–Kier alpha value is -3.42. The van der Waals surface area contributed by atoms with Gasteiger partial charge in [-0.2, -0.15) is 0 Å². The molecule has 8 heteroatoms. The van der Waals surface area contributed by atoms with Gasteiger partial charge in [0.05, 0.1) is 6.42 Å². The van der Waals surface area contributed by atoms with E-state index in [4.69, 9.17) is 13.9 Å². The van der Waals surface area contributed by atoms with Crippen LogP contribution in [0.5, 0.6) is 0 Å². The Morgan fingerprint density at radius 1 is 1.18 bits per heavy atom. The number of esters is 1. The zero-order valence-electron chi connectivity index (χ0n) is 19.6. The van der Waals surface area contributed by atoms with E-state index in [1.165, 1.54) is 0 Å². The van der Waals surface area contributed by atoms with Crippen molar-refractivity contribution in [1.29, 1.82) is 0 Å².